The lowest BCUT2D eigenvalue weighted by Crippen LogP contribution is -2.59. The van der Waals surface area contributed by atoms with Gasteiger partial charge in [0.15, 0.2) is 5.11 Å². The number of hydrogen-bond acceptors (Lipinski definition) is 6. The van der Waals surface area contributed by atoms with Crippen molar-refractivity contribution in [2.24, 2.45) is 11.7 Å². The van der Waals surface area contributed by atoms with Gasteiger partial charge < -0.3 is 36.6 Å². The molecule has 204 valence electrons. The first-order valence-electron chi connectivity index (χ1n) is 13.0. The Morgan fingerprint density at radius 2 is 1.86 bits per heavy atom. The van der Waals surface area contributed by atoms with Gasteiger partial charge in [0, 0.05) is 32.1 Å². The Kier molecular flexibility index (Phi) is 10.5. The molecule has 37 heavy (non-hydrogen) atoms. The Morgan fingerprint density at radius 3 is 2.51 bits per heavy atom. The van der Waals surface area contributed by atoms with Crippen LogP contribution in [-0.2, 0) is 20.8 Å². The summed E-state index contributed by atoms with van der Waals surface area (Å²) >= 11 is 5.21. The number of fused-ring (bicyclic) bond motifs is 1. The van der Waals surface area contributed by atoms with Crippen LogP contribution in [0.25, 0.3) is 0 Å². The third kappa shape index (κ3) is 7.32. The van der Waals surface area contributed by atoms with Crippen molar-refractivity contribution in [2.75, 3.05) is 27.2 Å². The van der Waals surface area contributed by atoms with Gasteiger partial charge in [0.25, 0.3) is 0 Å². The first kappa shape index (κ1) is 28.6. The first-order valence-corrected chi connectivity index (χ1v) is 13.4. The summed E-state index contributed by atoms with van der Waals surface area (Å²) in [5.74, 6) is -0.148. The largest absolute Gasteiger partial charge is 0.497 e. The second kappa shape index (κ2) is 13.6. The summed E-state index contributed by atoms with van der Waals surface area (Å²) in [5.41, 5.74) is 7.04. The van der Waals surface area contributed by atoms with E-state index < -0.39 is 18.1 Å². The molecule has 0 aliphatic carbocycles. The van der Waals surface area contributed by atoms with Crippen molar-refractivity contribution in [3.05, 3.63) is 29.8 Å². The second-order valence-corrected chi connectivity index (χ2v) is 10.1. The Balaban J connectivity index is 1.69. The number of hydrogen-bond donors (Lipinski definition) is 5. The molecule has 2 aliphatic rings. The lowest BCUT2D eigenvalue weighted by molar-refractivity contribution is -0.143. The number of nitrogens with one attached hydrogen (secondary N) is 4. The van der Waals surface area contributed by atoms with Crippen molar-refractivity contribution in [1.29, 1.82) is 0 Å². The van der Waals surface area contributed by atoms with Crippen molar-refractivity contribution >= 4 is 35.1 Å². The molecule has 0 saturated carbocycles. The number of methoxy groups -OCH3 is 1. The Labute approximate surface area is 224 Å². The molecule has 2 saturated heterocycles. The highest BCUT2D eigenvalue weighted by atomic mass is 32.1. The van der Waals surface area contributed by atoms with Crippen LogP contribution in [0.1, 0.15) is 44.6 Å². The standard InChI is InChI=1S/C26H40N6O4S/c1-4-20(27)23(33)31-22-17(15-30-26(37)28-2)7-8-18-9-12-21(32(18)25(22)35)24(34)29-14-13-16-5-10-19(36-3)11-6-16/h5-6,10-11,17-18,20-22H,4,7-9,12-15,27H2,1-3H3,(H,29,34)(H,31,33)(H2,28,30,37)/t17-,18+,20+,21+,22+/m1/s1. The molecule has 3 amide bonds. The number of nitrogens with zero attached hydrogens (tertiary/aromatic N) is 1. The summed E-state index contributed by atoms with van der Waals surface area (Å²) in [7, 11) is 3.35. The molecular weight excluding hydrogens is 492 g/mol. The molecule has 1 aromatic rings. The monoisotopic (exact) mass is 532 g/mol. The first-order chi connectivity index (χ1) is 17.8. The van der Waals surface area contributed by atoms with Crippen LogP contribution >= 0.6 is 12.2 Å². The predicted molar refractivity (Wildman–Crippen MR) is 146 cm³/mol. The molecule has 0 spiro atoms. The number of carbonyl (C=O) groups excluding carboxylic acids is 3. The summed E-state index contributed by atoms with van der Waals surface area (Å²) < 4.78 is 5.19. The maximum absolute atomic E-state index is 13.9. The lowest BCUT2D eigenvalue weighted by Gasteiger charge is -2.32. The number of benzene rings is 1. The highest BCUT2D eigenvalue weighted by Crippen LogP contribution is 2.34. The molecule has 0 aromatic heterocycles. The average Bonchev–Trinajstić information content (AvgIpc) is 3.30. The number of nitrogens with two attached hydrogens (primary N) is 1. The van der Waals surface area contributed by atoms with E-state index in [2.05, 4.69) is 21.3 Å². The van der Waals surface area contributed by atoms with Crippen LogP contribution in [0.15, 0.2) is 24.3 Å². The summed E-state index contributed by atoms with van der Waals surface area (Å²) in [5, 5.41) is 12.4. The number of carbonyl (C=O) groups is 3. The van der Waals surface area contributed by atoms with Gasteiger partial charge in [-0.15, -0.1) is 0 Å². The van der Waals surface area contributed by atoms with Crippen molar-refractivity contribution in [2.45, 2.75) is 69.6 Å². The van der Waals surface area contributed by atoms with Crippen LogP contribution in [0, 0.1) is 5.92 Å². The minimum atomic E-state index is -0.782. The van der Waals surface area contributed by atoms with Gasteiger partial charge in [-0.3, -0.25) is 14.4 Å². The van der Waals surface area contributed by atoms with Crippen LogP contribution in [0.2, 0.25) is 0 Å². The average molecular weight is 533 g/mol. The molecule has 6 N–H and O–H groups in total. The van der Waals surface area contributed by atoms with Crippen molar-refractivity contribution < 1.29 is 19.1 Å². The zero-order valence-electron chi connectivity index (χ0n) is 21.9. The quantitative estimate of drug-likeness (QED) is 0.274. The van der Waals surface area contributed by atoms with Crippen molar-refractivity contribution in [1.82, 2.24) is 26.2 Å². The molecular formula is C26H40N6O4S. The molecule has 2 fully saturated rings. The number of rotatable bonds is 10. The fourth-order valence-electron chi connectivity index (χ4n) is 5.09. The highest BCUT2D eigenvalue weighted by Gasteiger charge is 2.47. The van der Waals surface area contributed by atoms with Crippen molar-refractivity contribution in [3.8, 4) is 5.75 Å². The molecule has 3 rings (SSSR count). The van der Waals surface area contributed by atoms with E-state index in [4.69, 9.17) is 22.7 Å². The van der Waals surface area contributed by atoms with Crippen LogP contribution in [0.4, 0.5) is 0 Å². The van der Waals surface area contributed by atoms with Crippen LogP contribution in [0.5, 0.6) is 5.75 Å². The van der Waals surface area contributed by atoms with Crippen molar-refractivity contribution in [3.63, 3.8) is 0 Å². The van der Waals surface area contributed by atoms with E-state index in [-0.39, 0.29) is 29.7 Å². The molecule has 1 aromatic carbocycles. The van der Waals surface area contributed by atoms with E-state index in [1.165, 1.54) is 0 Å². The highest BCUT2D eigenvalue weighted by molar-refractivity contribution is 7.80. The fraction of sp³-hybridized carbons (Fsp3) is 0.615. The Bertz CT molecular complexity index is 959. The predicted octanol–water partition coefficient (Wildman–Crippen LogP) is 0.440. The van der Waals surface area contributed by atoms with Gasteiger partial charge in [-0.05, 0) is 68.4 Å². The summed E-state index contributed by atoms with van der Waals surface area (Å²) in [6.45, 7) is 2.72. The SMILES string of the molecule is CC[C@H](N)C(=O)N[C@@H]1C(=O)N2[C@@H](CC[C@@H]1CNC(=S)NC)CC[C@H]2C(=O)NCCc1ccc(OC)cc1. The molecule has 11 heteroatoms. The van der Waals surface area contributed by atoms with E-state index in [0.29, 0.717) is 43.9 Å². The summed E-state index contributed by atoms with van der Waals surface area (Å²) in [6, 6.07) is 5.64. The van der Waals surface area contributed by atoms with Gasteiger partial charge in [-0.25, -0.2) is 0 Å². The number of thiocarbonyl (C=S) groups is 1. The Morgan fingerprint density at radius 1 is 1.16 bits per heavy atom. The van der Waals surface area contributed by atoms with E-state index >= 15 is 0 Å². The second-order valence-electron chi connectivity index (χ2n) is 9.68. The molecule has 2 aliphatic heterocycles. The third-order valence-corrected chi connectivity index (χ3v) is 7.71. The van der Waals surface area contributed by atoms with E-state index in [0.717, 1.165) is 24.2 Å². The van der Waals surface area contributed by atoms with Gasteiger partial charge in [0.1, 0.15) is 17.8 Å². The third-order valence-electron chi connectivity index (χ3n) is 7.37. The normalized spacial score (nSPS) is 23.9. The van der Waals surface area contributed by atoms with E-state index in [9.17, 15) is 14.4 Å². The maximum Gasteiger partial charge on any atom is 0.246 e. The fourth-order valence-corrected chi connectivity index (χ4v) is 5.17. The van der Waals surface area contributed by atoms with Crippen LogP contribution in [-0.4, -0.2) is 79.1 Å². The lowest BCUT2D eigenvalue weighted by atomic mass is 9.93. The minimum absolute atomic E-state index is 0.0367. The van der Waals surface area contributed by atoms with Gasteiger partial charge in [0.2, 0.25) is 17.7 Å². The van der Waals surface area contributed by atoms with E-state index in [1.54, 1.807) is 19.1 Å². The van der Waals surface area contributed by atoms with Crippen LogP contribution < -0.4 is 31.7 Å². The van der Waals surface area contributed by atoms with Gasteiger partial charge >= 0.3 is 0 Å². The molecule has 2 heterocycles. The molecule has 5 atom stereocenters. The van der Waals surface area contributed by atoms with E-state index in [1.807, 2.05) is 31.2 Å². The maximum atomic E-state index is 13.9. The molecule has 10 nitrogen and oxygen atoms in total. The van der Waals surface area contributed by atoms with Gasteiger partial charge in [-0.2, -0.15) is 0 Å². The van der Waals surface area contributed by atoms with Gasteiger partial charge in [0.05, 0.1) is 13.2 Å². The summed E-state index contributed by atoms with van der Waals surface area (Å²) in [6.07, 6.45) is 3.97. The topological polar surface area (TPSA) is 138 Å². The summed E-state index contributed by atoms with van der Waals surface area (Å²) in [4.78, 5) is 41.5. The molecule has 0 radical (unpaired) electrons. The van der Waals surface area contributed by atoms with Crippen LogP contribution in [0.3, 0.4) is 0 Å². The Hall–Kier alpha value is -2.92. The molecule has 0 unspecified atom stereocenters. The number of ether oxygens (including phenoxy) is 1. The molecule has 0 bridgehead atoms. The zero-order valence-corrected chi connectivity index (χ0v) is 22.7. The number of amides is 3. The zero-order chi connectivity index (χ0) is 26.9. The minimum Gasteiger partial charge on any atom is -0.497 e. The van der Waals surface area contributed by atoms with Gasteiger partial charge in [-0.1, -0.05) is 19.1 Å². The smallest absolute Gasteiger partial charge is 0.246 e.